The van der Waals surface area contributed by atoms with Gasteiger partial charge in [0.1, 0.15) is 0 Å². The number of hydrogen-bond donors (Lipinski definition) is 0. The van der Waals surface area contributed by atoms with Gasteiger partial charge in [-0.2, -0.15) is 5.26 Å². The maximum atomic E-state index is 12.8. The number of aromatic nitrogens is 3. The normalized spacial score (nSPS) is 12.0. The second kappa shape index (κ2) is 6.63. The van der Waals surface area contributed by atoms with Crippen molar-refractivity contribution in [2.75, 3.05) is 0 Å². The van der Waals surface area contributed by atoms with Crippen LogP contribution in [-0.4, -0.2) is 19.8 Å². The minimum Gasteiger partial charge on any atom is -0.282 e. The van der Waals surface area contributed by atoms with E-state index in [1.165, 1.54) is 11.8 Å². The Kier molecular flexibility index (Phi) is 4.40. The quantitative estimate of drug-likeness (QED) is 0.545. The molecular weight excluding hydrogens is 308 g/mol. The van der Waals surface area contributed by atoms with E-state index >= 15 is 0 Å². The summed E-state index contributed by atoms with van der Waals surface area (Å²) in [5.41, 5.74) is 1.46. The Balaban J connectivity index is 2.16. The second-order valence-corrected chi connectivity index (χ2v) is 6.36. The predicted octanol–water partition coefficient (Wildman–Crippen LogP) is 2.84. The lowest BCUT2D eigenvalue weighted by atomic mass is 10.2. The molecule has 0 aliphatic rings. The van der Waals surface area contributed by atoms with Crippen LogP contribution in [0.2, 0.25) is 0 Å². The molecule has 0 aliphatic carbocycles. The van der Waals surface area contributed by atoms with Crippen LogP contribution in [0.3, 0.4) is 0 Å². The molecule has 0 radical (unpaired) electrons. The van der Waals surface area contributed by atoms with E-state index < -0.39 is 0 Å². The molecule has 6 heteroatoms. The summed E-state index contributed by atoms with van der Waals surface area (Å²) in [6, 6.07) is 13.2. The molecule has 0 fully saturated rings. The number of para-hydroxylation sites is 1. The highest BCUT2D eigenvalue weighted by Gasteiger charge is 2.14. The third kappa shape index (κ3) is 3.25. The lowest BCUT2D eigenvalue weighted by molar-refractivity contribution is 0.656. The maximum absolute atomic E-state index is 12.8. The van der Waals surface area contributed by atoms with Crippen LogP contribution in [0.15, 0.2) is 58.7 Å². The largest absolute Gasteiger partial charge is 0.282 e. The van der Waals surface area contributed by atoms with Gasteiger partial charge in [0.2, 0.25) is 0 Å². The van der Waals surface area contributed by atoms with Crippen LogP contribution >= 0.6 is 11.8 Å². The first kappa shape index (κ1) is 15.3. The molecule has 0 bridgehead atoms. The lowest BCUT2D eigenvalue weighted by Crippen LogP contribution is -2.24. The van der Waals surface area contributed by atoms with Gasteiger partial charge in [-0.25, -0.2) is 4.98 Å². The fourth-order valence-corrected chi connectivity index (χ4v) is 3.03. The van der Waals surface area contributed by atoms with Gasteiger partial charge in [-0.15, -0.1) is 0 Å². The molecule has 1 aromatic carbocycles. The Morgan fingerprint density at radius 1 is 1.30 bits per heavy atom. The van der Waals surface area contributed by atoms with E-state index in [1.807, 2.05) is 30.3 Å². The number of thioether (sulfide) groups is 1. The molecule has 23 heavy (non-hydrogen) atoms. The number of rotatable bonds is 4. The molecule has 1 atom stereocenters. The maximum Gasteiger partial charge on any atom is 0.262 e. The van der Waals surface area contributed by atoms with Crippen molar-refractivity contribution in [3.8, 4) is 6.07 Å². The summed E-state index contributed by atoms with van der Waals surface area (Å²) in [4.78, 5) is 21.5. The van der Waals surface area contributed by atoms with Crippen LogP contribution < -0.4 is 5.56 Å². The molecule has 3 aromatic rings. The zero-order chi connectivity index (χ0) is 16.2. The first-order valence-corrected chi connectivity index (χ1v) is 8.02. The standard InChI is InChI=1S/C17H14N4OS/c1-12(9-18)23-17-20-15-7-3-2-6-14(15)16(22)21(17)11-13-5-4-8-19-10-13/h2-8,10,12H,11H2,1H3/t12-/m1/s1. The minimum absolute atomic E-state index is 0.105. The van der Waals surface area contributed by atoms with E-state index in [0.29, 0.717) is 22.6 Å². The van der Waals surface area contributed by atoms with Gasteiger partial charge in [0.05, 0.1) is 28.8 Å². The molecule has 114 valence electrons. The number of nitrogens with zero attached hydrogens (tertiary/aromatic N) is 4. The fraction of sp³-hybridized carbons (Fsp3) is 0.176. The summed E-state index contributed by atoms with van der Waals surface area (Å²) in [7, 11) is 0. The number of hydrogen-bond acceptors (Lipinski definition) is 5. The summed E-state index contributed by atoms with van der Waals surface area (Å²) in [5, 5.41) is 9.90. The van der Waals surface area contributed by atoms with Crippen LogP contribution in [0, 0.1) is 11.3 Å². The summed E-state index contributed by atoms with van der Waals surface area (Å²) in [6.07, 6.45) is 3.42. The smallest absolute Gasteiger partial charge is 0.262 e. The van der Waals surface area contributed by atoms with Crippen molar-refractivity contribution in [3.63, 3.8) is 0 Å². The van der Waals surface area contributed by atoms with E-state index in [9.17, 15) is 4.79 Å². The number of pyridine rings is 1. The van der Waals surface area contributed by atoms with Crippen LogP contribution in [0.4, 0.5) is 0 Å². The lowest BCUT2D eigenvalue weighted by Gasteiger charge is -2.13. The molecule has 5 nitrogen and oxygen atoms in total. The zero-order valence-corrected chi connectivity index (χ0v) is 13.3. The third-order valence-corrected chi connectivity index (χ3v) is 4.34. The average molecular weight is 322 g/mol. The van der Waals surface area contributed by atoms with Crippen molar-refractivity contribution < 1.29 is 0 Å². The average Bonchev–Trinajstić information content (AvgIpc) is 2.59. The Morgan fingerprint density at radius 2 is 2.13 bits per heavy atom. The molecule has 0 saturated carbocycles. The van der Waals surface area contributed by atoms with E-state index in [1.54, 1.807) is 30.0 Å². The fourth-order valence-electron chi connectivity index (χ4n) is 2.24. The molecule has 0 aliphatic heterocycles. The molecule has 0 spiro atoms. The first-order chi connectivity index (χ1) is 11.2. The SMILES string of the molecule is C[C@H](C#N)Sc1nc2ccccc2c(=O)n1Cc1cccnc1. The van der Waals surface area contributed by atoms with Gasteiger partial charge < -0.3 is 0 Å². The van der Waals surface area contributed by atoms with Crippen LogP contribution in [0.25, 0.3) is 10.9 Å². The molecule has 2 heterocycles. The monoisotopic (exact) mass is 322 g/mol. The Morgan fingerprint density at radius 3 is 2.87 bits per heavy atom. The molecule has 0 amide bonds. The van der Waals surface area contributed by atoms with Crippen LogP contribution in [0.1, 0.15) is 12.5 Å². The highest BCUT2D eigenvalue weighted by atomic mass is 32.2. The van der Waals surface area contributed by atoms with Crippen molar-refractivity contribution >= 4 is 22.7 Å². The molecule has 3 rings (SSSR count). The molecular formula is C17H14N4OS. The van der Waals surface area contributed by atoms with Crippen molar-refractivity contribution in [2.45, 2.75) is 23.9 Å². The number of fused-ring (bicyclic) bond motifs is 1. The van der Waals surface area contributed by atoms with Gasteiger partial charge in [0, 0.05) is 12.4 Å². The van der Waals surface area contributed by atoms with Gasteiger partial charge in [0.25, 0.3) is 5.56 Å². The van der Waals surface area contributed by atoms with E-state index in [4.69, 9.17) is 5.26 Å². The Hall–Kier alpha value is -2.65. The first-order valence-electron chi connectivity index (χ1n) is 7.14. The molecule has 0 N–H and O–H groups in total. The summed E-state index contributed by atoms with van der Waals surface area (Å²) in [6.45, 7) is 2.17. The summed E-state index contributed by atoms with van der Waals surface area (Å²) in [5.74, 6) is 0. The number of nitriles is 1. The molecule has 2 aromatic heterocycles. The van der Waals surface area contributed by atoms with Crippen molar-refractivity contribution in [3.05, 3.63) is 64.7 Å². The Labute approximate surface area is 137 Å². The van der Waals surface area contributed by atoms with Gasteiger partial charge in [-0.1, -0.05) is 30.0 Å². The van der Waals surface area contributed by atoms with Crippen molar-refractivity contribution in [2.24, 2.45) is 0 Å². The third-order valence-electron chi connectivity index (χ3n) is 3.35. The minimum atomic E-state index is -0.289. The van der Waals surface area contributed by atoms with Gasteiger partial charge in [-0.05, 0) is 30.7 Å². The Bertz CT molecular complexity index is 931. The topological polar surface area (TPSA) is 71.6 Å². The zero-order valence-electron chi connectivity index (χ0n) is 12.5. The molecule has 0 saturated heterocycles. The van der Waals surface area contributed by atoms with Crippen LogP contribution in [-0.2, 0) is 6.54 Å². The highest BCUT2D eigenvalue weighted by molar-refractivity contribution is 8.00. The van der Waals surface area contributed by atoms with Crippen LogP contribution in [0.5, 0.6) is 0 Å². The van der Waals surface area contributed by atoms with Gasteiger partial charge in [-0.3, -0.25) is 14.3 Å². The van der Waals surface area contributed by atoms with Gasteiger partial charge in [0.15, 0.2) is 5.16 Å². The van der Waals surface area contributed by atoms with E-state index in [-0.39, 0.29) is 10.8 Å². The van der Waals surface area contributed by atoms with Gasteiger partial charge >= 0.3 is 0 Å². The summed E-state index contributed by atoms with van der Waals surface area (Å²) >= 11 is 1.29. The highest BCUT2D eigenvalue weighted by Crippen LogP contribution is 2.22. The second-order valence-electron chi connectivity index (χ2n) is 5.05. The number of benzene rings is 1. The van der Waals surface area contributed by atoms with Crippen molar-refractivity contribution in [1.82, 2.24) is 14.5 Å². The summed E-state index contributed by atoms with van der Waals surface area (Å²) < 4.78 is 1.61. The molecule has 0 unspecified atom stereocenters. The van der Waals surface area contributed by atoms with Crippen molar-refractivity contribution in [1.29, 1.82) is 5.26 Å². The van der Waals surface area contributed by atoms with E-state index in [2.05, 4.69) is 16.0 Å². The predicted molar refractivity (Wildman–Crippen MR) is 90.3 cm³/mol. The van der Waals surface area contributed by atoms with E-state index in [0.717, 1.165) is 5.56 Å².